The van der Waals surface area contributed by atoms with Crippen molar-refractivity contribution in [3.63, 3.8) is 0 Å². The summed E-state index contributed by atoms with van der Waals surface area (Å²) in [6.45, 7) is 12.3. The van der Waals surface area contributed by atoms with Gasteiger partial charge in [-0.1, -0.05) is 68.9 Å². The Hall–Kier alpha value is -0.820. The lowest BCUT2D eigenvalue weighted by atomic mass is 9.91. The van der Waals surface area contributed by atoms with Gasteiger partial charge in [-0.15, -0.1) is 0 Å². The molecule has 0 radical (unpaired) electrons. The van der Waals surface area contributed by atoms with Gasteiger partial charge >= 0.3 is 0 Å². The molecule has 0 amide bonds. The van der Waals surface area contributed by atoms with Crippen LogP contribution >= 0.6 is 0 Å². The van der Waals surface area contributed by atoms with E-state index in [-0.39, 0.29) is 5.54 Å². The summed E-state index contributed by atoms with van der Waals surface area (Å²) in [6, 6.07) is 9.12. The highest BCUT2D eigenvalue weighted by molar-refractivity contribution is 5.24. The smallest absolute Gasteiger partial charge is 0.00967 e. The normalized spacial score (nSPS) is 13.4. The molecule has 0 aromatic heterocycles. The van der Waals surface area contributed by atoms with Crippen molar-refractivity contribution in [1.82, 2.24) is 5.32 Å². The Kier molecular flexibility index (Phi) is 8.03. The summed E-state index contributed by atoms with van der Waals surface area (Å²) < 4.78 is 0. The highest BCUT2D eigenvalue weighted by Crippen LogP contribution is 2.23. The maximum absolute atomic E-state index is 3.69. The van der Waals surface area contributed by atoms with Crippen LogP contribution in [0.15, 0.2) is 24.3 Å². The standard InChI is InChI=1S/C20H35N/c1-6-7-8-9-10-11-19(16-21-20(3,4)5)18-14-12-17(2)13-15-18/h12-15,19,21H,6-11,16H2,1-5H3. The molecule has 1 atom stereocenters. The topological polar surface area (TPSA) is 12.0 Å². The van der Waals surface area contributed by atoms with E-state index < -0.39 is 0 Å². The quantitative estimate of drug-likeness (QED) is 0.564. The van der Waals surface area contributed by atoms with Gasteiger partial charge in [-0.05, 0) is 45.6 Å². The minimum Gasteiger partial charge on any atom is -0.311 e. The van der Waals surface area contributed by atoms with Gasteiger partial charge in [0.05, 0.1) is 0 Å². The van der Waals surface area contributed by atoms with Gasteiger partial charge in [0.1, 0.15) is 0 Å². The summed E-state index contributed by atoms with van der Waals surface area (Å²) in [5.41, 5.74) is 3.04. The number of hydrogen-bond acceptors (Lipinski definition) is 1. The van der Waals surface area contributed by atoms with Gasteiger partial charge in [0, 0.05) is 12.1 Å². The monoisotopic (exact) mass is 289 g/mol. The lowest BCUT2D eigenvalue weighted by Gasteiger charge is -2.26. The Morgan fingerprint density at radius 3 is 2.14 bits per heavy atom. The van der Waals surface area contributed by atoms with E-state index in [9.17, 15) is 0 Å². The van der Waals surface area contributed by atoms with Crippen molar-refractivity contribution in [2.45, 2.75) is 84.6 Å². The van der Waals surface area contributed by atoms with Gasteiger partial charge in [0.25, 0.3) is 0 Å². The third kappa shape index (κ3) is 8.26. The van der Waals surface area contributed by atoms with Crippen LogP contribution in [0.1, 0.15) is 83.3 Å². The van der Waals surface area contributed by atoms with Gasteiger partial charge in [-0.2, -0.15) is 0 Å². The fourth-order valence-electron chi connectivity index (χ4n) is 2.65. The maximum Gasteiger partial charge on any atom is 0.00967 e. The second-order valence-electron chi connectivity index (χ2n) is 7.44. The number of hydrogen-bond donors (Lipinski definition) is 1. The van der Waals surface area contributed by atoms with E-state index in [0.717, 1.165) is 6.54 Å². The van der Waals surface area contributed by atoms with Crippen LogP contribution in [0.25, 0.3) is 0 Å². The largest absolute Gasteiger partial charge is 0.311 e. The molecule has 0 bridgehead atoms. The lowest BCUT2D eigenvalue weighted by molar-refractivity contribution is 0.393. The number of nitrogens with one attached hydrogen (secondary N) is 1. The summed E-state index contributed by atoms with van der Waals surface area (Å²) in [5, 5.41) is 3.69. The molecule has 0 aliphatic heterocycles. The molecular formula is C20H35N. The molecule has 0 saturated heterocycles. The molecule has 0 fully saturated rings. The molecule has 1 aromatic rings. The average molecular weight is 290 g/mol. The van der Waals surface area contributed by atoms with E-state index in [1.807, 2.05) is 0 Å². The van der Waals surface area contributed by atoms with Crippen molar-refractivity contribution >= 4 is 0 Å². The first-order valence-corrected chi connectivity index (χ1v) is 8.74. The zero-order chi connectivity index (χ0) is 15.7. The fourth-order valence-corrected chi connectivity index (χ4v) is 2.65. The Balaban J connectivity index is 2.55. The summed E-state index contributed by atoms with van der Waals surface area (Å²) in [5.74, 6) is 0.645. The van der Waals surface area contributed by atoms with Crippen molar-refractivity contribution in [3.05, 3.63) is 35.4 Å². The molecular weight excluding hydrogens is 254 g/mol. The number of aryl methyl sites for hydroxylation is 1. The van der Waals surface area contributed by atoms with Crippen molar-refractivity contribution in [2.75, 3.05) is 6.54 Å². The van der Waals surface area contributed by atoms with Crippen molar-refractivity contribution < 1.29 is 0 Å². The van der Waals surface area contributed by atoms with Crippen LogP contribution in [0.3, 0.4) is 0 Å². The second-order valence-corrected chi connectivity index (χ2v) is 7.44. The molecule has 1 nitrogen and oxygen atoms in total. The maximum atomic E-state index is 3.69. The molecule has 1 unspecified atom stereocenters. The van der Waals surface area contributed by atoms with Crippen LogP contribution in [0.4, 0.5) is 0 Å². The predicted molar refractivity (Wildman–Crippen MR) is 95.1 cm³/mol. The summed E-state index contributed by atoms with van der Waals surface area (Å²) >= 11 is 0. The number of unbranched alkanes of at least 4 members (excludes halogenated alkanes) is 4. The molecule has 1 aromatic carbocycles. The molecule has 0 heterocycles. The van der Waals surface area contributed by atoms with E-state index >= 15 is 0 Å². The van der Waals surface area contributed by atoms with E-state index in [4.69, 9.17) is 0 Å². The van der Waals surface area contributed by atoms with Gasteiger partial charge in [0.15, 0.2) is 0 Å². The average Bonchev–Trinajstić information content (AvgIpc) is 2.42. The minimum absolute atomic E-state index is 0.200. The fraction of sp³-hybridized carbons (Fsp3) is 0.700. The van der Waals surface area contributed by atoms with Gasteiger partial charge < -0.3 is 5.32 Å². The third-order valence-electron chi connectivity index (χ3n) is 4.08. The Labute approximate surface area is 132 Å². The van der Waals surface area contributed by atoms with E-state index in [1.165, 1.54) is 49.7 Å². The molecule has 21 heavy (non-hydrogen) atoms. The van der Waals surface area contributed by atoms with Crippen molar-refractivity contribution in [1.29, 1.82) is 0 Å². The molecule has 1 heteroatoms. The third-order valence-corrected chi connectivity index (χ3v) is 4.08. The van der Waals surface area contributed by atoms with Crippen LogP contribution in [-0.2, 0) is 0 Å². The lowest BCUT2D eigenvalue weighted by Crippen LogP contribution is -2.38. The Morgan fingerprint density at radius 1 is 0.952 bits per heavy atom. The molecule has 1 rings (SSSR count). The SMILES string of the molecule is CCCCCCCC(CNC(C)(C)C)c1ccc(C)cc1. The number of rotatable bonds is 9. The zero-order valence-corrected chi connectivity index (χ0v) is 14.8. The molecule has 120 valence electrons. The molecule has 0 spiro atoms. The van der Waals surface area contributed by atoms with Crippen LogP contribution in [0.2, 0.25) is 0 Å². The highest BCUT2D eigenvalue weighted by Gasteiger charge is 2.15. The first kappa shape index (κ1) is 18.2. The van der Waals surface area contributed by atoms with E-state index in [0.29, 0.717) is 5.92 Å². The Bertz CT molecular complexity index is 372. The van der Waals surface area contributed by atoms with Gasteiger partial charge in [-0.25, -0.2) is 0 Å². The zero-order valence-electron chi connectivity index (χ0n) is 14.8. The first-order chi connectivity index (χ1) is 9.92. The molecule has 0 aliphatic rings. The van der Waals surface area contributed by atoms with Gasteiger partial charge in [-0.3, -0.25) is 0 Å². The summed E-state index contributed by atoms with van der Waals surface area (Å²) in [7, 11) is 0. The van der Waals surface area contributed by atoms with Crippen molar-refractivity contribution in [3.8, 4) is 0 Å². The first-order valence-electron chi connectivity index (χ1n) is 8.74. The minimum atomic E-state index is 0.200. The summed E-state index contributed by atoms with van der Waals surface area (Å²) in [4.78, 5) is 0. The van der Waals surface area contributed by atoms with Crippen molar-refractivity contribution in [2.24, 2.45) is 0 Å². The number of benzene rings is 1. The highest BCUT2D eigenvalue weighted by atomic mass is 14.9. The Morgan fingerprint density at radius 2 is 1.57 bits per heavy atom. The predicted octanol–water partition coefficient (Wildman–Crippen LogP) is 5.83. The van der Waals surface area contributed by atoms with E-state index in [2.05, 4.69) is 64.2 Å². The van der Waals surface area contributed by atoms with Crippen LogP contribution < -0.4 is 5.32 Å². The molecule has 1 N–H and O–H groups in total. The van der Waals surface area contributed by atoms with Crippen LogP contribution in [-0.4, -0.2) is 12.1 Å². The molecule has 0 aliphatic carbocycles. The summed E-state index contributed by atoms with van der Waals surface area (Å²) in [6.07, 6.45) is 8.14. The van der Waals surface area contributed by atoms with Gasteiger partial charge in [0.2, 0.25) is 0 Å². The molecule has 0 saturated carbocycles. The van der Waals surface area contributed by atoms with Crippen LogP contribution in [0, 0.1) is 6.92 Å². The second kappa shape index (κ2) is 9.25. The van der Waals surface area contributed by atoms with Crippen LogP contribution in [0.5, 0.6) is 0 Å². The van der Waals surface area contributed by atoms with E-state index in [1.54, 1.807) is 0 Å².